The largest absolute Gasteiger partial charge is 0.508 e. The quantitative estimate of drug-likeness (QED) is 0.134. The predicted octanol–water partition coefficient (Wildman–Crippen LogP) is 8.62. The zero-order chi connectivity index (χ0) is 24.0. The van der Waals surface area contributed by atoms with Crippen molar-refractivity contribution in [2.45, 2.75) is 135 Å². The van der Waals surface area contributed by atoms with Crippen molar-refractivity contribution in [1.29, 1.82) is 0 Å². The van der Waals surface area contributed by atoms with E-state index < -0.39 is 0 Å². The number of carbonyl (C=O) groups excluding carboxylic acids is 1. The maximum absolute atomic E-state index is 11.8. The van der Waals surface area contributed by atoms with E-state index in [1.165, 1.54) is 127 Å². The molecule has 0 amide bonds. The molecule has 0 heterocycles. The first-order valence-electron chi connectivity index (χ1n) is 13.8. The maximum atomic E-state index is 11.8. The summed E-state index contributed by atoms with van der Waals surface area (Å²) in [7, 11) is 0. The summed E-state index contributed by atoms with van der Waals surface area (Å²) in [6.45, 7) is 2.73. The Morgan fingerprint density at radius 3 is 1.36 bits per heavy atom. The van der Waals surface area contributed by atoms with Crippen molar-refractivity contribution in [2.24, 2.45) is 0 Å². The SMILES string of the molecule is CCCCCCCCCCCCCCCCCCCCCOC(=O)Cc1cc(O)cc(O)c1. The molecule has 0 spiro atoms. The van der Waals surface area contributed by atoms with E-state index in [1.54, 1.807) is 0 Å². The smallest absolute Gasteiger partial charge is 0.310 e. The van der Waals surface area contributed by atoms with E-state index in [1.807, 2.05) is 0 Å². The Morgan fingerprint density at radius 2 is 0.970 bits per heavy atom. The first kappa shape index (κ1) is 29.3. The molecular weight excluding hydrogens is 412 g/mol. The Hall–Kier alpha value is -1.71. The minimum Gasteiger partial charge on any atom is -0.508 e. The number of phenols is 2. The third-order valence-electron chi connectivity index (χ3n) is 6.32. The van der Waals surface area contributed by atoms with Gasteiger partial charge in [-0.1, -0.05) is 122 Å². The minimum atomic E-state index is -0.317. The molecule has 0 aliphatic rings. The van der Waals surface area contributed by atoms with Gasteiger partial charge in [0.15, 0.2) is 0 Å². The maximum Gasteiger partial charge on any atom is 0.310 e. The van der Waals surface area contributed by atoms with Crippen LogP contribution in [0.1, 0.15) is 134 Å². The topological polar surface area (TPSA) is 66.8 Å². The van der Waals surface area contributed by atoms with E-state index >= 15 is 0 Å². The van der Waals surface area contributed by atoms with E-state index in [4.69, 9.17) is 4.74 Å². The highest BCUT2D eigenvalue weighted by Crippen LogP contribution is 2.21. The third-order valence-corrected chi connectivity index (χ3v) is 6.32. The Labute approximate surface area is 203 Å². The number of unbranched alkanes of at least 4 members (excludes halogenated alkanes) is 18. The van der Waals surface area contributed by atoms with Crippen LogP contribution in [-0.4, -0.2) is 22.8 Å². The summed E-state index contributed by atoms with van der Waals surface area (Å²) in [6.07, 6.45) is 25.6. The summed E-state index contributed by atoms with van der Waals surface area (Å²) < 4.78 is 5.26. The van der Waals surface area contributed by atoms with Crippen LogP contribution in [0.2, 0.25) is 0 Å². The van der Waals surface area contributed by atoms with Gasteiger partial charge >= 0.3 is 5.97 Å². The number of benzene rings is 1. The lowest BCUT2D eigenvalue weighted by molar-refractivity contribution is -0.142. The predicted molar refractivity (Wildman–Crippen MR) is 138 cm³/mol. The summed E-state index contributed by atoms with van der Waals surface area (Å²) in [5, 5.41) is 18.9. The van der Waals surface area contributed by atoms with Crippen molar-refractivity contribution in [3.8, 4) is 11.5 Å². The van der Waals surface area contributed by atoms with Crippen molar-refractivity contribution in [3.05, 3.63) is 23.8 Å². The molecule has 33 heavy (non-hydrogen) atoms. The second-order valence-electron chi connectivity index (χ2n) is 9.62. The van der Waals surface area contributed by atoms with Gasteiger partial charge in [0, 0.05) is 6.07 Å². The third kappa shape index (κ3) is 18.4. The number of hydrogen-bond donors (Lipinski definition) is 2. The molecule has 0 aromatic heterocycles. The van der Waals surface area contributed by atoms with E-state index in [0.717, 1.165) is 12.8 Å². The average Bonchev–Trinajstić information content (AvgIpc) is 2.77. The molecule has 0 saturated carbocycles. The van der Waals surface area contributed by atoms with Gasteiger partial charge in [-0.2, -0.15) is 0 Å². The number of phenolic OH excluding ortho intramolecular Hbond substituents is 2. The van der Waals surface area contributed by atoms with Crippen LogP contribution in [0.4, 0.5) is 0 Å². The number of esters is 1. The lowest BCUT2D eigenvalue weighted by Crippen LogP contribution is -2.09. The molecule has 1 aromatic carbocycles. The van der Waals surface area contributed by atoms with Gasteiger partial charge in [0.25, 0.3) is 0 Å². The summed E-state index contributed by atoms with van der Waals surface area (Å²) >= 11 is 0. The second kappa shape index (κ2) is 20.9. The molecule has 4 heteroatoms. The van der Waals surface area contributed by atoms with Gasteiger partial charge in [-0.05, 0) is 24.1 Å². The standard InChI is InChI=1S/C29H50O4/c1-2-3-4-5-6-7-8-9-10-11-12-13-14-15-16-17-18-19-20-21-33-29(32)24-26-22-27(30)25-28(31)23-26/h22-23,25,30-31H,2-21,24H2,1H3. The zero-order valence-electron chi connectivity index (χ0n) is 21.3. The normalized spacial score (nSPS) is 11.1. The van der Waals surface area contributed by atoms with E-state index in [9.17, 15) is 15.0 Å². The van der Waals surface area contributed by atoms with Crippen molar-refractivity contribution in [3.63, 3.8) is 0 Å². The highest BCUT2D eigenvalue weighted by Gasteiger charge is 2.07. The van der Waals surface area contributed by atoms with Gasteiger partial charge in [0.05, 0.1) is 13.0 Å². The monoisotopic (exact) mass is 462 g/mol. The molecule has 0 bridgehead atoms. The number of rotatable bonds is 22. The highest BCUT2D eigenvalue weighted by atomic mass is 16.5. The molecule has 0 unspecified atom stereocenters. The first-order chi connectivity index (χ1) is 16.1. The Bertz CT molecular complexity index is 579. The van der Waals surface area contributed by atoms with Crippen LogP contribution in [0.15, 0.2) is 18.2 Å². The molecule has 0 aliphatic heterocycles. The fourth-order valence-electron chi connectivity index (χ4n) is 4.34. The second-order valence-corrected chi connectivity index (χ2v) is 9.62. The molecule has 0 atom stereocenters. The fraction of sp³-hybridized carbons (Fsp3) is 0.759. The zero-order valence-corrected chi connectivity index (χ0v) is 21.3. The number of aromatic hydroxyl groups is 2. The van der Waals surface area contributed by atoms with Crippen LogP contribution in [-0.2, 0) is 16.0 Å². The molecule has 0 fully saturated rings. The van der Waals surface area contributed by atoms with Crippen molar-refractivity contribution in [1.82, 2.24) is 0 Å². The van der Waals surface area contributed by atoms with E-state index in [-0.39, 0.29) is 23.9 Å². The summed E-state index contributed by atoms with van der Waals surface area (Å²) in [6, 6.07) is 4.18. The van der Waals surface area contributed by atoms with Gasteiger partial charge in [-0.3, -0.25) is 4.79 Å². The average molecular weight is 463 g/mol. The van der Waals surface area contributed by atoms with Crippen molar-refractivity contribution < 1.29 is 19.7 Å². The van der Waals surface area contributed by atoms with Gasteiger partial charge in [0.1, 0.15) is 11.5 Å². The molecule has 1 aromatic rings. The molecule has 0 saturated heterocycles. The van der Waals surface area contributed by atoms with Crippen LogP contribution < -0.4 is 0 Å². The fourth-order valence-corrected chi connectivity index (χ4v) is 4.34. The van der Waals surface area contributed by atoms with Crippen molar-refractivity contribution in [2.75, 3.05) is 6.61 Å². The first-order valence-corrected chi connectivity index (χ1v) is 13.8. The molecule has 1 rings (SSSR count). The van der Waals surface area contributed by atoms with Gasteiger partial charge in [-0.25, -0.2) is 0 Å². The lowest BCUT2D eigenvalue weighted by Gasteiger charge is -2.06. The number of ether oxygens (including phenoxy) is 1. The number of carbonyl (C=O) groups is 1. The Balaban J connectivity index is 1.78. The molecule has 2 N–H and O–H groups in total. The molecule has 190 valence electrons. The minimum absolute atomic E-state index is 0.0448. The van der Waals surface area contributed by atoms with Crippen molar-refractivity contribution >= 4 is 5.97 Å². The molecular formula is C29H50O4. The van der Waals surface area contributed by atoms with Crippen LogP contribution in [0.5, 0.6) is 11.5 Å². The molecule has 0 aliphatic carbocycles. The van der Waals surface area contributed by atoms with Crippen LogP contribution in [0.25, 0.3) is 0 Å². The number of hydrogen-bond acceptors (Lipinski definition) is 4. The summed E-state index contributed by atoms with van der Waals surface area (Å²) in [4.78, 5) is 11.8. The molecule has 0 radical (unpaired) electrons. The summed E-state index contributed by atoms with van der Waals surface area (Å²) in [5.74, 6) is -0.407. The van der Waals surface area contributed by atoms with E-state index in [0.29, 0.717) is 12.2 Å². The highest BCUT2D eigenvalue weighted by molar-refractivity contribution is 5.72. The van der Waals surface area contributed by atoms with Crippen LogP contribution in [0.3, 0.4) is 0 Å². The Morgan fingerprint density at radius 1 is 0.606 bits per heavy atom. The Kier molecular flexibility index (Phi) is 18.5. The van der Waals surface area contributed by atoms with Crippen LogP contribution >= 0.6 is 0 Å². The van der Waals surface area contributed by atoms with Gasteiger partial charge in [-0.15, -0.1) is 0 Å². The molecule has 4 nitrogen and oxygen atoms in total. The van der Waals surface area contributed by atoms with Crippen LogP contribution in [0, 0.1) is 0 Å². The van der Waals surface area contributed by atoms with Gasteiger partial charge in [0.2, 0.25) is 0 Å². The van der Waals surface area contributed by atoms with Gasteiger partial charge < -0.3 is 14.9 Å². The lowest BCUT2D eigenvalue weighted by atomic mass is 10.0. The summed E-state index contributed by atoms with van der Waals surface area (Å²) in [5.41, 5.74) is 0.561. The van der Waals surface area contributed by atoms with E-state index in [2.05, 4.69) is 6.92 Å².